The van der Waals surface area contributed by atoms with Gasteiger partial charge in [-0.2, -0.15) is 0 Å². The number of imide groups is 1. The molecule has 8 heteroatoms. The molecule has 168 valence electrons. The Morgan fingerprint density at radius 1 is 1.03 bits per heavy atom. The number of para-hydroxylation sites is 1. The molecule has 1 fully saturated rings. The minimum absolute atomic E-state index is 0.128. The quantitative estimate of drug-likeness (QED) is 0.502. The number of urea groups is 1. The minimum atomic E-state index is -0.885. The number of amides is 4. The Kier molecular flexibility index (Phi) is 7.25. The molecule has 1 saturated heterocycles. The van der Waals surface area contributed by atoms with E-state index in [0.717, 1.165) is 4.90 Å². The summed E-state index contributed by atoms with van der Waals surface area (Å²) in [7, 11) is 0. The number of nitrogens with zero attached hydrogens (tertiary/aromatic N) is 2. The number of nitrogens with one attached hydrogen (secondary N) is 1. The third-order valence-electron chi connectivity index (χ3n) is 4.95. The van der Waals surface area contributed by atoms with E-state index in [1.165, 1.54) is 4.90 Å². The van der Waals surface area contributed by atoms with Crippen molar-refractivity contribution in [3.05, 3.63) is 60.2 Å². The van der Waals surface area contributed by atoms with Crippen LogP contribution in [0.5, 0.6) is 0 Å². The molecule has 2 aromatic rings. The average molecular weight is 437 g/mol. The Labute approximate surface area is 187 Å². The van der Waals surface area contributed by atoms with Gasteiger partial charge in [0, 0.05) is 12.2 Å². The molecular formula is C24H27N3O5. The van der Waals surface area contributed by atoms with Crippen LogP contribution in [0.3, 0.4) is 0 Å². The molecule has 4 amide bonds. The van der Waals surface area contributed by atoms with Crippen molar-refractivity contribution >= 4 is 35.2 Å². The van der Waals surface area contributed by atoms with Crippen molar-refractivity contribution in [3.8, 4) is 0 Å². The summed E-state index contributed by atoms with van der Waals surface area (Å²) >= 11 is 0. The molecule has 1 atom stereocenters. The predicted octanol–water partition coefficient (Wildman–Crippen LogP) is 3.69. The molecule has 8 nitrogen and oxygen atoms in total. The Balaban J connectivity index is 1.73. The maximum absolute atomic E-state index is 13.1. The third-order valence-corrected chi connectivity index (χ3v) is 4.95. The molecule has 1 heterocycles. The topological polar surface area (TPSA) is 96.0 Å². The van der Waals surface area contributed by atoms with Gasteiger partial charge in [-0.3, -0.25) is 9.59 Å². The van der Waals surface area contributed by atoms with Gasteiger partial charge in [-0.15, -0.1) is 0 Å². The van der Waals surface area contributed by atoms with Crippen molar-refractivity contribution in [2.24, 2.45) is 5.92 Å². The highest BCUT2D eigenvalue weighted by atomic mass is 16.5. The second-order valence-electron chi connectivity index (χ2n) is 7.90. The van der Waals surface area contributed by atoms with E-state index in [0.29, 0.717) is 23.5 Å². The number of anilines is 2. The van der Waals surface area contributed by atoms with E-state index in [4.69, 9.17) is 4.74 Å². The first-order chi connectivity index (χ1) is 15.3. The van der Waals surface area contributed by atoms with Crippen LogP contribution in [0.25, 0.3) is 0 Å². The molecular weight excluding hydrogens is 410 g/mol. The average Bonchev–Trinajstić information content (AvgIpc) is 2.98. The molecule has 0 aliphatic carbocycles. The Hall–Kier alpha value is -3.68. The zero-order chi connectivity index (χ0) is 23.3. The Morgan fingerprint density at radius 2 is 1.69 bits per heavy atom. The predicted molar refractivity (Wildman–Crippen MR) is 120 cm³/mol. The van der Waals surface area contributed by atoms with Gasteiger partial charge in [-0.05, 0) is 49.2 Å². The molecule has 1 aliphatic rings. The van der Waals surface area contributed by atoms with E-state index in [1.54, 1.807) is 61.5 Å². The number of esters is 1. The Morgan fingerprint density at radius 3 is 2.28 bits per heavy atom. The summed E-state index contributed by atoms with van der Waals surface area (Å²) in [5.74, 6) is -1.13. The molecule has 3 rings (SSSR count). The highest BCUT2D eigenvalue weighted by Crippen LogP contribution is 2.27. The Bertz CT molecular complexity index is 988. The summed E-state index contributed by atoms with van der Waals surface area (Å²) in [6.45, 7) is 6.26. The summed E-state index contributed by atoms with van der Waals surface area (Å²) in [5, 5.41) is 2.73. The van der Waals surface area contributed by atoms with Crippen LogP contribution in [0.1, 0.15) is 37.6 Å². The highest BCUT2D eigenvalue weighted by Gasteiger charge is 2.46. The van der Waals surface area contributed by atoms with Crippen LogP contribution in [-0.4, -0.2) is 47.9 Å². The van der Waals surface area contributed by atoms with Gasteiger partial charge < -0.3 is 15.0 Å². The maximum atomic E-state index is 13.1. The summed E-state index contributed by atoms with van der Waals surface area (Å²) in [4.78, 5) is 53.2. The van der Waals surface area contributed by atoms with Crippen LogP contribution in [-0.2, 0) is 14.3 Å². The van der Waals surface area contributed by atoms with Crippen LogP contribution >= 0.6 is 0 Å². The van der Waals surface area contributed by atoms with Gasteiger partial charge in [0.1, 0.15) is 6.04 Å². The van der Waals surface area contributed by atoms with Crippen LogP contribution in [0.2, 0.25) is 0 Å². The first-order valence-electron chi connectivity index (χ1n) is 10.6. The fraction of sp³-hybridized carbons (Fsp3) is 0.333. The maximum Gasteiger partial charge on any atom is 0.338 e. The summed E-state index contributed by atoms with van der Waals surface area (Å²) in [6.07, 6.45) is -0.166. The minimum Gasteiger partial charge on any atom is -0.462 e. The molecule has 0 spiro atoms. The number of rotatable bonds is 8. The van der Waals surface area contributed by atoms with E-state index in [2.05, 4.69) is 5.32 Å². The largest absolute Gasteiger partial charge is 0.462 e. The number of ether oxygens (including phenoxy) is 1. The number of benzene rings is 2. The van der Waals surface area contributed by atoms with Gasteiger partial charge in [0.2, 0.25) is 5.91 Å². The number of hydrogen-bond acceptors (Lipinski definition) is 5. The third kappa shape index (κ3) is 5.14. The van der Waals surface area contributed by atoms with Crippen LogP contribution in [0, 0.1) is 5.92 Å². The molecule has 0 bridgehead atoms. The lowest BCUT2D eigenvalue weighted by Gasteiger charge is -2.23. The van der Waals surface area contributed by atoms with E-state index in [-0.39, 0.29) is 18.9 Å². The summed E-state index contributed by atoms with van der Waals surface area (Å²) < 4.78 is 4.94. The molecule has 1 aliphatic heterocycles. The number of hydrogen-bond donors (Lipinski definition) is 1. The second-order valence-corrected chi connectivity index (χ2v) is 7.90. The second kappa shape index (κ2) is 10.1. The lowest BCUT2D eigenvalue weighted by atomic mass is 10.1. The molecule has 0 radical (unpaired) electrons. The first kappa shape index (κ1) is 23.0. The number of carbonyl (C=O) groups excluding carboxylic acids is 4. The monoisotopic (exact) mass is 437 g/mol. The van der Waals surface area contributed by atoms with Crippen molar-refractivity contribution in [2.45, 2.75) is 33.2 Å². The molecule has 0 saturated carbocycles. The van der Waals surface area contributed by atoms with Crippen molar-refractivity contribution in [1.29, 1.82) is 0 Å². The standard InChI is InChI=1S/C24H27N3O5/c1-4-32-23(30)17-10-12-18(13-11-17)25-21(28)14-20-22(29)27(19-8-6-5-7-9-19)24(31)26(20)15-16(2)3/h5-13,16,20H,4,14-15H2,1-3H3,(H,25,28). The van der Waals surface area contributed by atoms with Crippen LogP contribution in [0.4, 0.5) is 16.2 Å². The molecule has 2 aromatic carbocycles. The van der Waals surface area contributed by atoms with Crippen molar-refractivity contribution in [1.82, 2.24) is 4.90 Å². The highest BCUT2D eigenvalue weighted by molar-refractivity contribution is 6.22. The normalized spacial score (nSPS) is 15.9. The summed E-state index contributed by atoms with van der Waals surface area (Å²) in [5.41, 5.74) is 1.34. The fourth-order valence-electron chi connectivity index (χ4n) is 3.54. The van der Waals surface area contributed by atoms with E-state index in [1.807, 2.05) is 13.8 Å². The zero-order valence-electron chi connectivity index (χ0n) is 18.4. The van der Waals surface area contributed by atoms with Gasteiger partial charge in [0.15, 0.2) is 0 Å². The van der Waals surface area contributed by atoms with Crippen molar-refractivity contribution in [2.75, 3.05) is 23.4 Å². The van der Waals surface area contributed by atoms with E-state index < -0.39 is 29.9 Å². The lowest BCUT2D eigenvalue weighted by Crippen LogP contribution is -2.40. The van der Waals surface area contributed by atoms with Crippen molar-refractivity contribution in [3.63, 3.8) is 0 Å². The van der Waals surface area contributed by atoms with Crippen LogP contribution < -0.4 is 10.2 Å². The SMILES string of the molecule is CCOC(=O)c1ccc(NC(=O)CC2C(=O)N(c3ccccc3)C(=O)N2CC(C)C)cc1. The van der Waals surface area contributed by atoms with Crippen molar-refractivity contribution < 1.29 is 23.9 Å². The molecule has 1 unspecified atom stereocenters. The van der Waals surface area contributed by atoms with Crippen LogP contribution in [0.15, 0.2) is 54.6 Å². The van der Waals surface area contributed by atoms with Gasteiger partial charge in [0.05, 0.1) is 24.3 Å². The molecule has 1 N–H and O–H groups in total. The van der Waals surface area contributed by atoms with Gasteiger partial charge in [0.25, 0.3) is 5.91 Å². The fourth-order valence-corrected chi connectivity index (χ4v) is 3.54. The first-order valence-corrected chi connectivity index (χ1v) is 10.6. The van der Waals surface area contributed by atoms with Gasteiger partial charge in [-0.25, -0.2) is 14.5 Å². The van der Waals surface area contributed by atoms with E-state index >= 15 is 0 Å². The number of carbonyl (C=O) groups is 4. The summed E-state index contributed by atoms with van der Waals surface area (Å²) in [6, 6.07) is 13.7. The molecule has 0 aromatic heterocycles. The molecule has 32 heavy (non-hydrogen) atoms. The smallest absolute Gasteiger partial charge is 0.338 e. The zero-order valence-corrected chi connectivity index (χ0v) is 18.4. The van der Waals surface area contributed by atoms with Gasteiger partial charge in [-0.1, -0.05) is 32.0 Å². The van der Waals surface area contributed by atoms with E-state index in [9.17, 15) is 19.2 Å². The lowest BCUT2D eigenvalue weighted by molar-refractivity contribution is -0.124. The van der Waals surface area contributed by atoms with Gasteiger partial charge >= 0.3 is 12.0 Å².